The lowest BCUT2D eigenvalue weighted by molar-refractivity contribution is -0.385. The summed E-state index contributed by atoms with van der Waals surface area (Å²) in [7, 11) is 0. The number of nitro benzene ring substituents is 1. The first-order valence-corrected chi connectivity index (χ1v) is 9.17. The second kappa shape index (κ2) is 8.03. The molecular formula is C14H20N2O3S2. The molecule has 0 aromatic heterocycles. The van der Waals surface area contributed by atoms with Crippen molar-refractivity contribution in [3.63, 3.8) is 0 Å². The van der Waals surface area contributed by atoms with Crippen LogP contribution in [0.2, 0.25) is 0 Å². The maximum Gasteiger partial charge on any atom is 0.274 e. The highest BCUT2D eigenvalue weighted by atomic mass is 32.3. The predicted molar refractivity (Wildman–Crippen MR) is 85.4 cm³/mol. The van der Waals surface area contributed by atoms with Crippen LogP contribution in [0.5, 0.6) is 0 Å². The van der Waals surface area contributed by atoms with Gasteiger partial charge in [0.15, 0.2) is 4.90 Å². The monoisotopic (exact) mass is 328 g/mol. The SMILES string of the molecule is CCCCCCCCN1Sc2ccc([N+](=O)[O-])cc2[S+]1[O-]. The van der Waals surface area contributed by atoms with Crippen molar-refractivity contribution in [2.24, 2.45) is 0 Å². The molecule has 0 aliphatic carbocycles. The second-order valence-corrected chi connectivity index (χ2v) is 7.73. The number of non-ortho nitro benzene ring substituents is 1. The molecule has 1 aromatic rings. The summed E-state index contributed by atoms with van der Waals surface area (Å²) in [5.74, 6) is 0. The van der Waals surface area contributed by atoms with Crippen LogP contribution < -0.4 is 0 Å². The van der Waals surface area contributed by atoms with Gasteiger partial charge in [-0.1, -0.05) is 42.7 Å². The molecule has 0 radical (unpaired) electrons. The molecule has 0 N–H and O–H groups in total. The average Bonchev–Trinajstić information content (AvgIpc) is 2.79. The van der Waals surface area contributed by atoms with Gasteiger partial charge in [0.1, 0.15) is 0 Å². The summed E-state index contributed by atoms with van der Waals surface area (Å²) in [6, 6.07) is 4.59. The van der Waals surface area contributed by atoms with Crippen LogP contribution in [-0.2, 0) is 11.4 Å². The van der Waals surface area contributed by atoms with Crippen LogP contribution in [0.4, 0.5) is 5.69 Å². The molecule has 0 amide bonds. The highest BCUT2D eigenvalue weighted by molar-refractivity contribution is 8.11. The summed E-state index contributed by atoms with van der Waals surface area (Å²) in [6.45, 7) is 2.95. The maximum absolute atomic E-state index is 12.3. The highest BCUT2D eigenvalue weighted by Crippen LogP contribution is 2.43. The van der Waals surface area contributed by atoms with E-state index in [1.165, 1.54) is 49.8 Å². The Labute approximate surface area is 132 Å². The molecule has 1 heterocycles. The Kier molecular flexibility index (Phi) is 6.35. The summed E-state index contributed by atoms with van der Waals surface area (Å²) in [5, 5.41) is 10.8. The van der Waals surface area contributed by atoms with Crippen molar-refractivity contribution in [1.82, 2.24) is 3.71 Å². The van der Waals surface area contributed by atoms with Crippen molar-refractivity contribution >= 4 is 29.0 Å². The number of nitrogens with zero attached hydrogens (tertiary/aromatic N) is 2. The average molecular weight is 328 g/mol. The van der Waals surface area contributed by atoms with Crippen molar-refractivity contribution in [2.75, 3.05) is 6.54 Å². The van der Waals surface area contributed by atoms with E-state index in [9.17, 15) is 14.7 Å². The Balaban J connectivity index is 1.84. The number of rotatable bonds is 8. The normalized spacial score (nSPS) is 17.9. The quantitative estimate of drug-likeness (QED) is 0.234. The van der Waals surface area contributed by atoms with Crippen LogP contribution in [-0.4, -0.2) is 19.7 Å². The van der Waals surface area contributed by atoms with Gasteiger partial charge in [0.05, 0.1) is 33.8 Å². The van der Waals surface area contributed by atoms with Gasteiger partial charge in [-0.3, -0.25) is 10.1 Å². The molecule has 1 aliphatic heterocycles. The Morgan fingerprint density at radius 1 is 1.24 bits per heavy atom. The number of unbranched alkanes of at least 4 members (excludes halogenated alkanes) is 5. The summed E-state index contributed by atoms with van der Waals surface area (Å²) >= 11 is 0.164. The number of nitro groups is 1. The summed E-state index contributed by atoms with van der Waals surface area (Å²) in [4.78, 5) is 11.8. The van der Waals surface area contributed by atoms with E-state index in [0.29, 0.717) is 4.90 Å². The Hall–Kier alpha value is -0.760. The van der Waals surface area contributed by atoms with Gasteiger partial charge in [-0.15, -0.1) is 0 Å². The molecule has 1 aromatic carbocycles. The minimum atomic E-state index is -1.28. The molecule has 5 nitrogen and oxygen atoms in total. The molecule has 7 heteroatoms. The second-order valence-electron chi connectivity index (χ2n) is 5.05. The van der Waals surface area contributed by atoms with Crippen LogP contribution in [0.3, 0.4) is 0 Å². The third kappa shape index (κ3) is 4.35. The van der Waals surface area contributed by atoms with Crippen LogP contribution in [0, 0.1) is 10.1 Å². The molecule has 2 rings (SSSR count). The van der Waals surface area contributed by atoms with Gasteiger partial charge in [-0.25, -0.2) is 0 Å². The van der Waals surface area contributed by atoms with E-state index in [0.717, 1.165) is 24.3 Å². The Morgan fingerprint density at radius 3 is 2.67 bits per heavy atom. The summed E-state index contributed by atoms with van der Waals surface area (Å²) < 4.78 is 14.2. The van der Waals surface area contributed by atoms with Crippen molar-refractivity contribution in [2.45, 2.75) is 55.2 Å². The zero-order chi connectivity index (χ0) is 15.2. The molecule has 1 unspecified atom stereocenters. The van der Waals surface area contributed by atoms with Gasteiger partial charge in [-0.05, 0) is 12.5 Å². The topological polar surface area (TPSA) is 69.4 Å². The lowest BCUT2D eigenvalue weighted by atomic mass is 10.1. The van der Waals surface area contributed by atoms with Crippen molar-refractivity contribution < 1.29 is 9.48 Å². The van der Waals surface area contributed by atoms with E-state index in [1.54, 1.807) is 6.07 Å². The lowest BCUT2D eigenvalue weighted by Gasteiger charge is -2.14. The number of fused-ring (bicyclic) bond motifs is 1. The maximum atomic E-state index is 12.3. The first kappa shape index (κ1) is 16.6. The highest BCUT2D eigenvalue weighted by Gasteiger charge is 2.36. The molecule has 21 heavy (non-hydrogen) atoms. The van der Waals surface area contributed by atoms with Gasteiger partial charge in [0.2, 0.25) is 0 Å². The van der Waals surface area contributed by atoms with Gasteiger partial charge in [0, 0.05) is 18.0 Å². The zero-order valence-corrected chi connectivity index (χ0v) is 13.8. The third-order valence-corrected chi connectivity index (χ3v) is 6.37. The summed E-state index contributed by atoms with van der Waals surface area (Å²) in [6.07, 6.45) is 7.15. The van der Waals surface area contributed by atoms with Crippen LogP contribution >= 0.6 is 11.9 Å². The molecule has 0 saturated heterocycles. The number of hydrogen-bond donors (Lipinski definition) is 0. The first-order valence-electron chi connectivity index (χ1n) is 7.29. The van der Waals surface area contributed by atoms with Crippen LogP contribution in [0.15, 0.2) is 28.0 Å². The Bertz CT molecular complexity index is 499. The number of benzene rings is 1. The molecule has 0 spiro atoms. The standard InChI is InChI=1S/C14H20N2O3S2/c1-2-3-4-5-6-7-10-15-20-13-9-8-12(16(17)18)11-14(13)21(15)19/h8-9,11H,2-7,10H2,1H3. The first-order chi connectivity index (χ1) is 10.1. The van der Waals surface area contributed by atoms with E-state index in [-0.39, 0.29) is 5.69 Å². The van der Waals surface area contributed by atoms with E-state index in [4.69, 9.17) is 0 Å². The molecule has 0 fully saturated rings. The predicted octanol–water partition coefficient (Wildman–Crippen LogP) is 4.30. The summed E-state index contributed by atoms with van der Waals surface area (Å²) in [5.41, 5.74) is 0.00381. The smallest absolute Gasteiger partial charge is 0.274 e. The van der Waals surface area contributed by atoms with E-state index in [2.05, 4.69) is 6.92 Å². The molecule has 116 valence electrons. The minimum absolute atomic E-state index is 0.00381. The fourth-order valence-electron chi connectivity index (χ4n) is 2.23. The van der Waals surface area contributed by atoms with Crippen molar-refractivity contribution in [3.05, 3.63) is 28.3 Å². The fraction of sp³-hybridized carbons (Fsp3) is 0.571. The number of hydrogen-bond acceptors (Lipinski definition) is 5. The lowest BCUT2D eigenvalue weighted by Crippen LogP contribution is -2.21. The van der Waals surface area contributed by atoms with Crippen LogP contribution in [0.25, 0.3) is 0 Å². The van der Waals surface area contributed by atoms with Crippen molar-refractivity contribution in [1.29, 1.82) is 0 Å². The Morgan fingerprint density at radius 2 is 1.95 bits per heavy atom. The third-order valence-electron chi connectivity index (χ3n) is 3.41. The molecule has 0 bridgehead atoms. The van der Waals surface area contributed by atoms with Gasteiger partial charge >= 0.3 is 0 Å². The largest absolute Gasteiger partial charge is 0.592 e. The molecule has 0 saturated carbocycles. The molecule has 1 atom stereocenters. The molecule has 1 aliphatic rings. The molecular weight excluding hydrogens is 308 g/mol. The van der Waals surface area contributed by atoms with Gasteiger partial charge in [0.25, 0.3) is 5.69 Å². The van der Waals surface area contributed by atoms with Crippen molar-refractivity contribution in [3.8, 4) is 0 Å². The van der Waals surface area contributed by atoms with E-state index in [1.807, 2.05) is 3.71 Å². The van der Waals surface area contributed by atoms with Gasteiger partial charge < -0.3 is 4.55 Å². The van der Waals surface area contributed by atoms with E-state index >= 15 is 0 Å². The van der Waals surface area contributed by atoms with Crippen LogP contribution in [0.1, 0.15) is 45.4 Å². The van der Waals surface area contributed by atoms with E-state index < -0.39 is 16.3 Å². The minimum Gasteiger partial charge on any atom is -0.592 e. The van der Waals surface area contributed by atoms with Gasteiger partial charge in [-0.2, -0.15) is 0 Å². The zero-order valence-electron chi connectivity index (χ0n) is 12.1. The fourth-order valence-corrected chi connectivity index (χ4v) is 5.00.